The molecule has 0 radical (unpaired) electrons. The fourth-order valence-corrected chi connectivity index (χ4v) is 4.87. The van der Waals surface area contributed by atoms with Gasteiger partial charge in [0, 0.05) is 42.8 Å². The van der Waals surface area contributed by atoms with E-state index in [1.54, 1.807) is 16.8 Å². The molecule has 4 aromatic rings. The molecule has 0 amide bonds. The van der Waals surface area contributed by atoms with Crippen molar-refractivity contribution in [2.45, 2.75) is 32.0 Å². The van der Waals surface area contributed by atoms with E-state index in [0.717, 1.165) is 35.9 Å². The van der Waals surface area contributed by atoms with E-state index in [9.17, 15) is 10.1 Å². The average molecular weight is 474 g/mol. The number of anilines is 1. The van der Waals surface area contributed by atoms with Crippen molar-refractivity contribution < 1.29 is 0 Å². The molecule has 4 heterocycles. The number of aromatic nitrogens is 4. The van der Waals surface area contributed by atoms with Gasteiger partial charge < -0.3 is 15.2 Å². The maximum atomic E-state index is 13.7. The van der Waals surface area contributed by atoms with E-state index in [2.05, 4.69) is 20.9 Å². The number of halogens is 1. The summed E-state index contributed by atoms with van der Waals surface area (Å²) >= 11 is 5.84. The van der Waals surface area contributed by atoms with Crippen molar-refractivity contribution in [3.05, 3.63) is 76.1 Å². The molecule has 1 aliphatic heterocycles. The maximum Gasteiger partial charge on any atom is 0.278 e. The van der Waals surface area contributed by atoms with Gasteiger partial charge in [0.05, 0.1) is 18.6 Å². The number of pyridine rings is 1. The van der Waals surface area contributed by atoms with Crippen molar-refractivity contribution in [1.29, 1.82) is 5.26 Å². The van der Waals surface area contributed by atoms with Crippen molar-refractivity contribution in [1.82, 2.24) is 19.1 Å². The third-order valence-corrected chi connectivity index (χ3v) is 6.50. The molecule has 2 N–H and O–H groups in total. The first kappa shape index (κ1) is 22.1. The number of hydrogen-bond donors (Lipinski definition) is 1. The molecule has 1 saturated heterocycles. The zero-order valence-corrected chi connectivity index (χ0v) is 19.3. The average Bonchev–Trinajstić information content (AvgIpc) is 3.18. The lowest BCUT2D eigenvalue weighted by molar-refractivity contribution is 0.499. The molecular weight excluding hydrogens is 450 g/mol. The summed E-state index contributed by atoms with van der Waals surface area (Å²) in [5.41, 5.74) is 9.35. The first-order valence-electron chi connectivity index (χ1n) is 11.2. The van der Waals surface area contributed by atoms with Crippen molar-refractivity contribution in [2.24, 2.45) is 5.73 Å². The number of rotatable bonds is 5. The molecule has 5 rings (SSSR count). The summed E-state index contributed by atoms with van der Waals surface area (Å²) in [6.45, 7) is 1.99. The number of piperidine rings is 1. The van der Waals surface area contributed by atoms with E-state index in [1.807, 2.05) is 34.9 Å². The van der Waals surface area contributed by atoms with Gasteiger partial charge in [-0.05, 0) is 24.3 Å². The Morgan fingerprint density at radius 1 is 1.26 bits per heavy atom. The quantitative estimate of drug-likeness (QED) is 0.476. The van der Waals surface area contributed by atoms with Crippen LogP contribution in [0.25, 0.3) is 21.8 Å². The van der Waals surface area contributed by atoms with Crippen molar-refractivity contribution in [3.8, 4) is 6.07 Å². The zero-order chi connectivity index (χ0) is 23.7. The number of allylic oxidation sites excluding steroid dienone is 1. The summed E-state index contributed by atoms with van der Waals surface area (Å²) in [6, 6.07) is 12.2. The molecule has 0 bridgehead atoms. The van der Waals surface area contributed by atoms with Gasteiger partial charge in [0.2, 0.25) is 0 Å². The standard InChI is InChI=1S/C25H24ClN7O/c26-9-4-12-33-23-22(20(13-27)24(33)31-11-3-6-18(28)14-31)30-16-32(25(23)34)15-21-19-7-2-1-5-17(19)8-10-29-21/h1-2,4-5,7-10,16,18H,3,6,11-12,14-15,28H2/b9-4+/t18-/m0/s1. The Hall–Kier alpha value is -3.67. The van der Waals surface area contributed by atoms with Gasteiger partial charge >= 0.3 is 0 Å². The zero-order valence-electron chi connectivity index (χ0n) is 18.6. The van der Waals surface area contributed by atoms with Crippen molar-refractivity contribution >= 4 is 39.2 Å². The third-order valence-electron chi connectivity index (χ3n) is 6.32. The van der Waals surface area contributed by atoms with E-state index in [0.29, 0.717) is 35.5 Å². The first-order valence-corrected chi connectivity index (χ1v) is 11.7. The molecule has 0 unspecified atom stereocenters. The normalized spacial score (nSPS) is 16.5. The molecule has 3 aromatic heterocycles. The van der Waals surface area contributed by atoms with Crippen LogP contribution in [0.15, 0.2) is 59.3 Å². The van der Waals surface area contributed by atoms with Gasteiger partial charge in [-0.25, -0.2) is 4.98 Å². The predicted molar refractivity (Wildman–Crippen MR) is 134 cm³/mol. The second kappa shape index (κ2) is 9.29. The monoisotopic (exact) mass is 473 g/mol. The largest absolute Gasteiger partial charge is 0.355 e. The summed E-state index contributed by atoms with van der Waals surface area (Å²) in [5, 5.41) is 12.1. The van der Waals surface area contributed by atoms with E-state index in [1.165, 1.54) is 11.9 Å². The van der Waals surface area contributed by atoms with Crippen molar-refractivity contribution in [2.75, 3.05) is 18.0 Å². The third kappa shape index (κ3) is 3.83. The number of nitrogens with two attached hydrogens (primary N) is 1. The Bertz CT molecular complexity index is 1490. The molecule has 8 nitrogen and oxygen atoms in total. The van der Waals surface area contributed by atoms with Crippen LogP contribution < -0.4 is 16.2 Å². The van der Waals surface area contributed by atoms with E-state index >= 15 is 0 Å². The van der Waals surface area contributed by atoms with Crippen LogP contribution in [0.4, 0.5) is 5.82 Å². The summed E-state index contributed by atoms with van der Waals surface area (Å²) < 4.78 is 3.39. The van der Waals surface area contributed by atoms with Crippen LogP contribution in [-0.4, -0.2) is 38.2 Å². The fraction of sp³-hybridized carbons (Fsp3) is 0.280. The highest BCUT2D eigenvalue weighted by molar-refractivity contribution is 6.25. The summed E-state index contributed by atoms with van der Waals surface area (Å²) in [5.74, 6) is 0.674. The van der Waals surface area contributed by atoms with Gasteiger partial charge in [-0.3, -0.25) is 14.3 Å². The summed E-state index contributed by atoms with van der Waals surface area (Å²) in [6.07, 6.45) is 6.85. The predicted octanol–water partition coefficient (Wildman–Crippen LogP) is 3.35. The topological polar surface area (TPSA) is 106 Å². The Labute approximate surface area is 201 Å². The highest BCUT2D eigenvalue weighted by Gasteiger charge is 2.28. The van der Waals surface area contributed by atoms with Gasteiger partial charge in [-0.15, -0.1) is 0 Å². The Balaban J connectivity index is 1.69. The minimum atomic E-state index is -0.230. The molecule has 172 valence electrons. The minimum absolute atomic E-state index is 0.0115. The number of nitriles is 1. The second-order valence-electron chi connectivity index (χ2n) is 8.48. The molecule has 1 fully saturated rings. The van der Waals surface area contributed by atoms with Crippen LogP contribution in [0.1, 0.15) is 24.1 Å². The number of fused-ring (bicyclic) bond motifs is 2. The van der Waals surface area contributed by atoms with Crippen LogP contribution >= 0.6 is 11.6 Å². The molecule has 1 aromatic carbocycles. The molecule has 34 heavy (non-hydrogen) atoms. The summed E-state index contributed by atoms with van der Waals surface area (Å²) in [7, 11) is 0. The molecule has 0 saturated carbocycles. The highest BCUT2D eigenvalue weighted by atomic mass is 35.5. The van der Waals surface area contributed by atoms with Crippen LogP contribution in [0, 0.1) is 11.3 Å². The van der Waals surface area contributed by atoms with Gasteiger partial charge in [-0.2, -0.15) is 5.26 Å². The van der Waals surface area contributed by atoms with Crippen LogP contribution in [0.3, 0.4) is 0 Å². The van der Waals surface area contributed by atoms with E-state index in [-0.39, 0.29) is 18.1 Å². The van der Waals surface area contributed by atoms with Gasteiger partial charge in [0.1, 0.15) is 28.5 Å². The van der Waals surface area contributed by atoms with Crippen LogP contribution in [0.5, 0.6) is 0 Å². The molecule has 9 heteroatoms. The van der Waals surface area contributed by atoms with Gasteiger partial charge in [0.15, 0.2) is 0 Å². The number of benzene rings is 1. The fourth-order valence-electron chi connectivity index (χ4n) is 4.79. The Morgan fingerprint density at radius 2 is 2.12 bits per heavy atom. The molecular formula is C25H24ClN7O. The second-order valence-corrected chi connectivity index (χ2v) is 8.74. The number of hydrogen-bond acceptors (Lipinski definition) is 6. The van der Waals surface area contributed by atoms with Gasteiger partial charge in [0.25, 0.3) is 5.56 Å². The van der Waals surface area contributed by atoms with Crippen LogP contribution in [-0.2, 0) is 13.1 Å². The molecule has 1 aliphatic rings. The first-order chi connectivity index (χ1) is 16.6. The Kier molecular flexibility index (Phi) is 6.05. The Morgan fingerprint density at radius 3 is 2.91 bits per heavy atom. The lowest BCUT2D eigenvalue weighted by Gasteiger charge is -2.33. The number of nitrogens with zero attached hydrogens (tertiary/aromatic N) is 6. The van der Waals surface area contributed by atoms with E-state index < -0.39 is 0 Å². The minimum Gasteiger partial charge on any atom is -0.355 e. The van der Waals surface area contributed by atoms with Crippen LogP contribution in [0.2, 0.25) is 0 Å². The molecule has 0 spiro atoms. The lowest BCUT2D eigenvalue weighted by Crippen LogP contribution is -2.44. The lowest BCUT2D eigenvalue weighted by atomic mass is 10.1. The molecule has 0 aliphatic carbocycles. The smallest absolute Gasteiger partial charge is 0.278 e. The summed E-state index contributed by atoms with van der Waals surface area (Å²) in [4.78, 5) is 24.9. The maximum absolute atomic E-state index is 13.7. The van der Waals surface area contributed by atoms with Crippen molar-refractivity contribution in [3.63, 3.8) is 0 Å². The van der Waals surface area contributed by atoms with Gasteiger partial charge in [-0.1, -0.05) is 41.9 Å². The highest BCUT2D eigenvalue weighted by Crippen LogP contribution is 2.31. The molecule has 1 atom stereocenters. The SMILES string of the molecule is N#Cc1c(N2CCC[C@H](N)C2)n(C/C=C/Cl)c2c(=O)n(Cc3nccc4ccccc34)cnc12. The van der Waals surface area contributed by atoms with E-state index in [4.69, 9.17) is 17.3 Å².